The van der Waals surface area contributed by atoms with Gasteiger partial charge in [-0.3, -0.25) is 0 Å². The van der Waals surface area contributed by atoms with Crippen LogP contribution in [0, 0.1) is 13.8 Å². The van der Waals surface area contributed by atoms with Crippen LogP contribution in [-0.2, 0) is 6.61 Å². The maximum absolute atomic E-state index is 10.6. The smallest absolute Gasteiger partial charge is 0.178 e. The fourth-order valence-corrected chi connectivity index (χ4v) is 3.22. The number of phenolic OH excluding ortho intramolecular Hbond substituents is 1. The van der Waals surface area contributed by atoms with Gasteiger partial charge in [-0.15, -0.1) is 0 Å². The van der Waals surface area contributed by atoms with Crippen molar-refractivity contribution in [2.24, 2.45) is 0 Å². The Labute approximate surface area is 164 Å². The molecule has 28 heavy (non-hydrogen) atoms. The van der Waals surface area contributed by atoms with Crippen molar-refractivity contribution in [2.75, 3.05) is 0 Å². The van der Waals surface area contributed by atoms with Crippen molar-refractivity contribution in [1.29, 1.82) is 0 Å². The molecule has 0 saturated heterocycles. The number of ether oxygens (including phenoxy) is 1. The second-order valence-electron chi connectivity index (χ2n) is 6.73. The maximum atomic E-state index is 10.6. The third-order valence-corrected chi connectivity index (χ3v) is 4.79. The number of benzene rings is 3. The molecule has 0 aliphatic heterocycles. The van der Waals surface area contributed by atoms with Crippen LogP contribution < -0.4 is 4.74 Å². The van der Waals surface area contributed by atoms with E-state index in [1.165, 1.54) is 5.56 Å². The number of hydrogen-bond acceptors (Lipinski definition) is 4. The Bertz CT molecular complexity index is 1100. The van der Waals surface area contributed by atoms with Crippen molar-refractivity contribution in [3.8, 4) is 33.9 Å². The van der Waals surface area contributed by atoms with E-state index >= 15 is 0 Å². The molecule has 0 fully saturated rings. The highest BCUT2D eigenvalue weighted by Crippen LogP contribution is 2.40. The molecule has 0 aliphatic carbocycles. The zero-order valence-electron chi connectivity index (χ0n) is 15.8. The van der Waals surface area contributed by atoms with Crippen molar-refractivity contribution in [3.63, 3.8) is 0 Å². The van der Waals surface area contributed by atoms with E-state index in [4.69, 9.17) is 9.26 Å². The number of aromatic hydroxyl groups is 1. The minimum Gasteiger partial charge on any atom is -0.507 e. The highest BCUT2D eigenvalue weighted by molar-refractivity contribution is 5.83. The summed E-state index contributed by atoms with van der Waals surface area (Å²) < 4.78 is 11.4. The topological polar surface area (TPSA) is 55.5 Å². The second-order valence-corrected chi connectivity index (χ2v) is 6.73. The van der Waals surface area contributed by atoms with Gasteiger partial charge in [-0.25, -0.2) is 0 Å². The van der Waals surface area contributed by atoms with Crippen molar-refractivity contribution in [3.05, 3.63) is 89.6 Å². The van der Waals surface area contributed by atoms with E-state index in [0.717, 1.165) is 22.4 Å². The lowest BCUT2D eigenvalue weighted by molar-refractivity contribution is 0.303. The van der Waals surface area contributed by atoms with E-state index in [1.807, 2.05) is 61.5 Å². The quantitative estimate of drug-likeness (QED) is 0.474. The van der Waals surface area contributed by atoms with Gasteiger partial charge in [-0.1, -0.05) is 59.8 Å². The van der Waals surface area contributed by atoms with Crippen LogP contribution in [0.2, 0.25) is 0 Å². The van der Waals surface area contributed by atoms with Gasteiger partial charge in [0, 0.05) is 6.07 Å². The second kappa shape index (κ2) is 7.61. The molecule has 0 aliphatic rings. The SMILES string of the molecule is Cc1ccccc1COc1ccc(-c2onc(C)c2-c2ccccc2)c(O)c1. The molecule has 1 heterocycles. The molecule has 140 valence electrons. The Morgan fingerprint density at radius 2 is 1.68 bits per heavy atom. The molecule has 0 unspecified atom stereocenters. The lowest BCUT2D eigenvalue weighted by Crippen LogP contribution is -1.97. The molecule has 0 amide bonds. The van der Waals surface area contributed by atoms with Crippen molar-refractivity contribution >= 4 is 0 Å². The molecule has 4 heteroatoms. The van der Waals surface area contributed by atoms with Crippen LogP contribution in [0.25, 0.3) is 22.5 Å². The summed E-state index contributed by atoms with van der Waals surface area (Å²) >= 11 is 0. The van der Waals surface area contributed by atoms with Gasteiger partial charge < -0.3 is 14.4 Å². The van der Waals surface area contributed by atoms with E-state index in [9.17, 15) is 5.11 Å². The van der Waals surface area contributed by atoms with E-state index in [0.29, 0.717) is 23.7 Å². The zero-order chi connectivity index (χ0) is 19.5. The first kappa shape index (κ1) is 17.9. The number of hydrogen-bond donors (Lipinski definition) is 1. The largest absolute Gasteiger partial charge is 0.507 e. The van der Waals surface area contributed by atoms with Crippen molar-refractivity contribution in [1.82, 2.24) is 5.16 Å². The molecule has 4 aromatic rings. The molecular formula is C24H21NO3. The van der Waals surface area contributed by atoms with Crippen LogP contribution in [0.15, 0.2) is 77.3 Å². The summed E-state index contributed by atoms with van der Waals surface area (Å²) in [5.74, 6) is 1.24. The van der Waals surface area contributed by atoms with E-state index in [2.05, 4.69) is 18.1 Å². The van der Waals surface area contributed by atoms with Gasteiger partial charge in [0.1, 0.15) is 18.1 Å². The third-order valence-electron chi connectivity index (χ3n) is 4.79. The van der Waals surface area contributed by atoms with Gasteiger partial charge in [-0.2, -0.15) is 0 Å². The van der Waals surface area contributed by atoms with E-state index in [1.54, 1.807) is 12.1 Å². The van der Waals surface area contributed by atoms with E-state index < -0.39 is 0 Å². The first-order valence-corrected chi connectivity index (χ1v) is 9.16. The Morgan fingerprint density at radius 1 is 0.929 bits per heavy atom. The fraction of sp³-hybridized carbons (Fsp3) is 0.125. The summed E-state index contributed by atoms with van der Waals surface area (Å²) in [6.45, 7) is 4.39. The maximum Gasteiger partial charge on any atom is 0.178 e. The summed E-state index contributed by atoms with van der Waals surface area (Å²) in [5, 5.41) is 14.7. The summed E-state index contributed by atoms with van der Waals surface area (Å²) in [5.41, 5.74) is 5.53. The van der Waals surface area contributed by atoms with Crippen LogP contribution in [0.5, 0.6) is 11.5 Å². The highest BCUT2D eigenvalue weighted by Gasteiger charge is 2.19. The summed E-state index contributed by atoms with van der Waals surface area (Å²) in [4.78, 5) is 0. The molecular weight excluding hydrogens is 350 g/mol. The summed E-state index contributed by atoms with van der Waals surface area (Å²) in [7, 11) is 0. The number of aromatic nitrogens is 1. The molecule has 3 aromatic carbocycles. The lowest BCUT2D eigenvalue weighted by atomic mass is 9.99. The molecule has 4 rings (SSSR count). The summed E-state index contributed by atoms with van der Waals surface area (Å²) in [6.07, 6.45) is 0. The predicted octanol–water partition coefficient (Wildman–Crippen LogP) is 5.91. The number of aryl methyl sites for hydroxylation is 2. The number of rotatable bonds is 5. The van der Waals surface area contributed by atoms with Crippen molar-refractivity contribution in [2.45, 2.75) is 20.5 Å². The standard InChI is InChI=1S/C24H21NO3/c1-16-8-6-7-11-19(16)15-27-20-12-13-21(22(26)14-20)24-23(17(2)25-28-24)18-9-4-3-5-10-18/h3-14,26H,15H2,1-2H3. The van der Waals surface area contributed by atoms with Gasteiger partial charge in [0.25, 0.3) is 0 Å². The monoisotopic (exact) mass is 371 g/mol. The molecule has 1 N–H and O–H groups in total. The first-order chi connectivity index (χ1) is 13.6. The number of phenols is 1. The van der Waals surface area contributed by atoms with Crippen LogP contribution in [0.1, 0.15) is 16.8 Å². The van der Waals surface area contributed by atoms with Gasteiger partial charge in [0.15, 0.2) is 5.76 Å². The Kier molecular flexibility index (Phi) is 4.85. The predicted molar refractivity (Wildman–Crippen MR) is 109 cm³/mol. The average Bonchev–Trinajstić information content (AvgIpc) is 3.09. The Morgan fingerprint density at radius 3 is 2.43 bits per heavy atom. The van der Waals surface area contributed by atoms with Gasteiger partial charge in [0.2, 0.25) is 0 Å². The third kappa shape index (κ3) is 3.49. The highest BCUT2D eigenvalue weighted by atomic mass is 16.5. The van der Waals surface area contributed by atoms with Gasteiger partial charge in [0.05, 0.1) is 16.8 Å². The fourth-order valence-electron chi connectivity index (χ4n) is 3.22. The normalized spacial score (nSPS) is 10.8. The van der Waals surface area contributed by atoms with Crippen LogP contribution in [0.4, 0.5) is 0 Å². The molecule has 0 saturated carbocycles. The first-order valence-electron chi connectivity index (χ1n) is 9.16. The molecule has 0 atom stereocenters. The molecule has 0 radical (unpaired) electrons. The minimum absolute atomic E-state index is 0.0932. The molecule has 1 aromatic heterocycles. The molecule has 0 spiro atoms. The molecule has 0 bridgehead atoms. The average molecular weight is 371 g/mol. The summed E-state index contributed by atoms with van der Waals surface area (Å²) in [6, 6.07) is 23.2. The molecule has 4 nitrogen and oxygen atoms in total. The number of nitrogens with zero attached hydrogens (tertiary/aromatic N) is 1. The van der Waals surface area contributed by atoms with Crippen LogP contribution >= 0.6 is 0 Å². The Balaban J connectivity index is 1.62. The lowest BCUT2D eigenvalue weighted by Gasteiger charge is -2.10. The van der Waals surface area contributed by atoms with Crippen molar-refractivity contribution < 1.29 is 14.4 Å². The minimum atomic E-state index is 0.0932. The zero-order valence-corrected chi connectivity index (χ0v) is 15.8. The van der Waals surface area contributed by atoms with Crippen LogP contribution in [0.3, 0.4) is 0 Å². The Hall–Kier alpha value is -3.53. The van der Waals surface area contributed by atoms with E-state index in [-0.39, 0.29) is 5.75 Å². The van der Waals surface area contributed by atoms with Gasteiger partial charge in [-0.05, 0) is 42.7 Å². The van der Waals surface area contributed by atoms with Gasteiger partial charge >= 0.3 is 0 Å². The van der Waals surface area contributed by atoms with Crippen LogP contribution in [-0.4, -0.2) is 10.3 Å².